The number of halogens is 1. The number of thioether (sulfide) groups is 1. The van der Waals surface area contributed by atoms with E-state index < -0.39 is 27.8 Å². The van der Waals surface area contributed by atoms with Crippen molar-refractivity contribution in [2.45, 2.75) is 10.1 Å². The van der Waals surface area contributed by atoms with Gasteiger partial charge in [0.05, 0.1) is 27.4 Å². The number of amides is 2. The lowest BCUT2D eigenvalue weighted by atomic mass is 10.3. The maximum atomic E-state index is 13.8. The lowest BCUT2D eigenvalue weighted by molar-refractivity contribution is -0.113. The minimum absolute atomic E-state index is 0.0179. The summed E-state index contributed by atoms with van der Waals surface area (Å²) in [5.41, 5.74) is 0.949. The van der Waals surface area contributed by atoms with Gasteiger partial charge >= 0.3 is 6.09 Å². The molecule has 174 valence electrons. The fraction of sp³-hybridized carbons (Fsp3) is 0.0455. The fourth-order valence-electron chi connectivity index (χ4n) is 3.12. The number of carbonyl (C=O) groups excluding carboxylic acids is 1. The molecule has 0 saturated heterocycles. The van der Waals surface area contributed by atoms with E-state index in [9.17, 15) is 22.4 Å². The first-order valence-electron chi connectivity index (χ1n) is 9.76. The Morgan fingerprint density at radius 1 is 0.971 bits per heavy atom. The average Bonchev–Trinajstić information content (AvgIpc) is 3.18. The summed E-state index contributed by atoms with van der Waals surface area (Å²) < 4.78 is 41.8. The normalized spacial score (nSPS) is 11.3. The molecule has 9 nitrogen and oxygen atoms in total. The lowest BCUT2D eigenvalue weighted by Crippen LogP contribution is -2.17. The number of nitrogens with one attached hydrogen (secondary N) is 2. The fourth-order valence-corrected chi connectivity index (χ4v) is 5.64. The van der Waals surface area contributed by atoms with Crippen LogP contribution in [0.1, 0.15) is 0 Å². The molecule has 4 rings (SSSR count). The Balaban J connectivity index is 1.64. The monoisotopic (exact) mass is 500 g/mol. The number of aromatic nitrogens is 2. The number of fused-ring (bicyclic) bond motifs is 1. The van der Waals surface area contributed by atoms with Gasteiger partial charge in [-0.05, 0) is 48.5 Å². The molecule has 4 aromatic rings. The van der Waals surface area contributed by atoms with E-state index in [2.05, 4.69) is 15.6 Å². The van der Waals surface area contributed by atoms with E-state index in [1.807, 2.05) is 0 Å². The van der Waals surface area contributed by atoms with Gasteiger partial charge in [-0.2, -0.15) is 0 Å². The molecule has 0 atom stereocenters. The molecule has 12 heteroatoms. The van der Waals surface area contributed by atoms with Gasteiger partial charge in [0, 0.05) is 5.69 Å². The van der Waals surface area contributed by atoms with Gasteiger partial charge in [0.25, 0.3) is 10.0 Å². The highest BCUT2D eigenvalue weighted by Gasteiger charge is 2.25. The van der Waals surface area contributed by atoms with Crippen LogP contribution >= 0.6 is 11.8 Å². The summed E-state index contributed by atoms with van der Waals surface area (Å²) in [5.74, 6) is -1.33. The van der Waals surface area contributed by atoms with Gasteiger partial charge in [0.15, 0.2) is 5.16 Å². The topological polar surface area (TPSA) is 130 Å². The zero-order valence-corrected chi connectivity index (χ0v) is 18.9. The quantitative estimate of drug-likeness (QED) is 0.324. The Kier molecular flexibility index (Phi) is 6.52. The zero-order chi connectivity index (χ0) is 24.3. The number of carbonyl (C=O) groups is 2. The number of benzene rings is 3. The summed E-state index contributed by atoms with van der Waals surface area (Å²) >= 11 is 0.887. The second-order valence-electron chi connectivity index (χ2n) is 6.92. The third-order valence-corrected chi connectivity index (χ3v) is 7.39. The SMILES string of the molecule is O=C(O)Nc1ccc(S(=O)(=O)n2c(SCC(=O)Nc3ccccc3F)nc3ccccc32)cc1. The number of hydrogen-bond acceptors (Lipinski definition) is 6. The molecule has 3 aromatic carbocycles. The number of rotatable bonds is 7. The van der Waals surface area contributed by atoms with Crippen molar-refractivity contribution >= 4 is 56.2 Å². The molecular formula is C22H17FN4O5S2. The van der Waals surface area contributed by atoms with Crippen LogP contribution in [0.15, 0.2) is 82.8 Å². The molecule has 0 aliphatic heterocycles. The Morgan fingerprint density at radius 2 is 1.65 bits per heavy atom. The van der Waals surface area contributed by atoms with E-state index >= 15 is 0 Å². The van der Waals surface area contributed by atoms with E-state index in [1.54, 1.807) is 30.3 Å². The van der Waals surface area contributed by atoms with Crippen LogP contribution in [0.4, 0.5) is 20.6 Å². The van der Waals surface area contributed by atoms with Crippen LogP contribution in [-0.2, 0) is 14.8 Å². The molecule has 0 aliphatic rings. The van der Waals surface area contributed by atoms with Crippen molar-refractivity contribution in [1.82, 2.24) is 8.96 Å². The van der Waals surface area contributed by atoms with Crippen molar-refractivity contribution in [2.24, 2.45) is 0 Å². The molecule has 34 heavy (non-hydrogen) atoms. The standard InChI is InChI=1S/C22H17FN4O5S2/c23-16-5-1-2-6-17(16)25-20(28)13-33-21-26-18-7-3-4-8-19(18)27(21)34(31,32)15-11-9-14(10-12-15)24-22(29)30/h1-12,24H,13H2,(H,25,28)(H,29,30). The van der Waals surface area contributed by atoms with Crippen molar-refractivity contribution in [3.8, 4) is 0 Å². The molecule has 1 heterocycles. The third kappa shape index (κ3) is 4.87. The van der Waals surface area contributed by atoms with Gasteiger partial charge in [-0.25, -0.2) is 26.6 Å². The Hall–Kier alpha value is -3.90. The molecule has 0 saturated carbocycles. The van der Waals surface area contributed by atoms with Gasteiger partial charge in [-0.15, -0.1) is 0 Å². The Bertz CT molecular complexity index is 1490. The van der Waals surface area contributed by atoms with Crippen LogP contribution in [0.3, 0.4) is 0 Å². The smallest absolute Gasteiger partial charge is 0.409 e. The zero-order valence-electron chi connectivity index (χ0n) is 17.3. The average molecular weight is 501 g/mol. The highest BCUT2D eigenvalue weighted by atomic mass is 32.2. The van der Waals surface area contributed by atoms with Gasteiger partial charge in [-0.3, -0.25) is 10.1 Å². The number of nitrogens with zero attached hydrogens (tertiary/aromatic N) is 2. The van der Waals surface area contributed by atoms with Crippen molar-refractivity contribution < 1.29 is 27.5 Å². The first kappa shape index (κ1) is 23.3. The molecule has 0 spiro atoms. The second kappa shape index (κ2) is 9.53. The van der Waals surface area contributed by atoms with E-state index in [-0.39, 0.29) is 27.2 Å². The van der Waals surface area contributed by atoms with Gasteiger partial charge in [0.1, 0.15) is 5.82 Å². The summed E-state index contributed by atoms with van der Waals surface area (Å²) in [6.45, 7) is 0. The molecule has 3 N–H and O–H groups in total. The van der Waals surface area contributed by atoms with Gasteiger partial charge in [0.2, 0.25) is 5.91 Å². The maximum Gasteiger partial charge on any atom is 0.409 e. The van der Waals surface area contributed by atoms with Crippen LogP contribution in [0.2, 0.25) is 0 Å². The summed E-state index contributed by atoms with van der Waals surface area (Å²) in [6, 6.07) is 17.5. The number of carboxylic acid groups (broad SMARTS) is 1. The summed E-state index contributed by atoms with van der Waals surface area (Å²) in [7, 11) is -4.15. The van der Waals surface area contributed by atoms with Crippen LogP contribution in [0, 0.1) is 5.82 Å². The Labute approximate surface area is 197 Å². The number of imidazole rings is 1. The molecule has 0 bridgehead atoms. The van der Waals surface area contributed by atoms with Crippen LogP contribution in [0.25, 0.3) is 11.0 Å². The molecule has 2 amide bonds. The number of hydrogen-bond donors (Lipinski definition) is 3. The second-order valence-corrected chi connectivity index (χ2v) is 9.65. The van der Waals surface area contributed by atoms with E-state index in [1.165, 1.54) is 42.5 Å². The Morgan fingerprint density at radius 3 is 2.35 bits per heavy atom. The van der Waals surface area contributed by atoms with Gasteiger partial charge in [-0.1, -0.05) is 36.0 Å². The molecule has 1 aromatic heterocycles. The van der Waals surface area contributed by atoms with E-state index in [0.717, 1.165) is 15.7 Å². The predicted molar refractivity (Wildman–Crippen MR) is 126 cm³/mol. The summed E-state index contributed by atoms with van der Waals surface area (Å²) in [6.07, 6.45) is -1.27. The highest BCUT2D eigenvalue weighted by molar-refractivity contribution is 8.00. The molecule has 0 aliphatic carbocycles. The van der Waals surface area contributed by atoms with Crippen molar-refractivity contribution in [3.63, 3.8) is 0 Å². The van der Waals surface area contributed by atoms with Gasteiger partial charge < -0.3 is 10.4 Å². The third-order valence-electron chi connectivity index (χ3n) is 4.61. The van der Waals surface area contributed by atoms with Crippen LogP contribution in [0.5, 0.6) is 0 Å². The van der Waals surface area contributed by atoms with Crippen LogP contribution < -0.4 is 10.6 Å². The number of para-hydroxylation sites is 3. The number of anilines is 2. The molecule has 0 radical (unpaired) electrons. The minimum Gasteiger partial charge on any atom is -0.465 e. The first-order chi connectivity index (χ1) is 16.3. The minimum atomic E-state index is -4.15. The lowest BCUT2D eigenvalue weighted by Gasteiger charge is -2.11. The first-order valence-corrected chi connectivity index (χ1v) is 12.2. The van der Waals surface area contributed by atoms with Crippen molar-refractivity contribution in [1.29, 1.82) is 0 Å². The summed E-state index contributed by atoms with van der Waals surface area (Å²) in [4.78, 5) is 27.4. The largest absolute Gasteiger partial charge is 0.465 e. The maximum absolute atomic E-state index is 13.8. The highest BCUT2D eigenvalue weighted by Crippen LogP contribution is 2.29. The molecular weight excluding hydrogens is 483 g/mol. The van der Waals surface area contributed by atoms with Crippen molar-refractivity contribution in [3.05, 3.63) is 78.6 Å². The van der Waals surface area contributed by atoms with Crippen molar-refractivity contribution in [2.75, 3.05) is 16.4 Å². The molecule has 0 unspecified atom stereocenters. The predicted octanol–water partition coefficient (Wildman–Crippen LogP) is 4.23. The van der Waals surface area contributed by atoms with Crippen LogP contribution in [-0.4, -0.2) is 40.2 Å². The van der Waals surface area contributed by atoms with E-state index in [0.29, 0.717) is 11.0 Å². The summed E-state index contributed by atoms with van der Waals surface area (Å²) in [5, 5.41) is 13.5. The van der Waals surface area contributed by atoms with E-state index in [4.69, 9.17) is 5.11 Å². The molecule has 0 fully saturated rings.